The Balaban J connectivity index is 1.84. The van der Waals surface area contributed by atoms with Crippen LogP contribution in [0.2, 0.25) is 5.02 Å². The molecule has 0 saturated carbocycles. The Labute approximate surface area is 191 Å². The predicted octanol–water partition coefficient (Wildman–Crippen LogP) is 4.38. The summed E-state index contributed by atoms with van der Waals surface area (Å²) < 4.78 is 81.0. The molecule has 7 nitrogen and oxygen atoms in total. The van der Waals surface area contributed by atoms with E-state index in [4.69, 9.17) is 25.3 Å². The van der Waals surface area contributed by atoms with Crippen LogP contribution in [0, 0.1) is 0 Å². The highest BCUT2D eigenvalue weighted by Gasteiger charge is 2.31. The van der Waals surface area contributed by atoms with Crippen LogP contribution in [0.5, 0.6) is 5.75 Å². The highest BCUT2D eigenvalue weighted by molar-refractivity contribution is 7.85. The molecular weight excluding hydrogens is 487 g/mol. The Hall–Kier alpha value is -2.60. The third-order valence-corrected chi connectivity index (χ3v) is 5.59. The molecule has 0 spiro atoms. The highest BCUT2D eigenvalue weighted by atomic mass is 35.5. The Kier molecular flexibility index (Phi) is 7.68. The number of rotatable bonds is 9. The first-order valence-corrected chi connectivity index (χ1v) is 11.7. The normalized spacial score (nSPS) is 12.3. The third kappa shape index (κ3) is 6.70. The van der Waals surface area contributed by atoms with E-state index in [1.807, 2.05) is 0 Å². The number of hydrogen-bond acceptors (Lipinski definition) is 6. The molecule has 0 fully saturated rings. The number of fused-ring (bicyclic) bond motifs is 1. The predicted molar refractivity (Wildman–Crippen MR) is 117 cm³/mol. The molecule has 3 rings (SSSR count). The lowest BCUT2D eigenvalue weighted by molar-refractivity contribution is -0.137. The smallest absolute Gasteiger partial charge is 0.416 e. The van der Waals surface area contributed by atoms with E-state index >= 15 is 0 Å². The van der Waals surface area contributed by atoms with Gasteiger partial charge in [-0.15, -0.1) is 0 Å². The minimum absolute atomic E-state index is 0.00407. The number of ether oxygens (including phenoxy) is 1. The topological polar surface area (TPSA) is 106 Å². The van der Waals surface area contributed by atoms with Gasteiger partial charge in [-0.3, -0.25) is 9.35 Å². The lowest BCUT2D eigenvalue weighted by Gasteiger charge is -2.15. The van der Waals surface area contributed by atoms with E-state index in [0.29, 0.717) is 13.0 Å². The Bertz CT molecular complexity index is 1310. The summed E-state index contributed by atoms with van der Waals surface area (Å²) in [5, 5.41) is 3.18. The lowest BCUT2D eigenvalue weighted by Crippen LogP contribution is -2.24. The summed E-state index contributed by atoms with van der Waals surface area (Å²) in [6, 6.07) is 8.62. The second-order valence-corrected chi connectivity index (χ2v) is 9.02. The molecule has 1 aromatic heterocycles. The van der Waals surface area contributed by atoms with Crippen LogP contribution in [-0.2, 0) is 16.3 Å². The lowest BCUT2D eigenvalue weighted by atomic mass is 10.1. The molecule has 0 aliphatic rings. The minimum atomic E-state index is -4.61. The minimum Gasteiger partial charge on any atom is -0.493 e. The van der Waals surface area contributed by atoms with Gasteiger partial charge in [0.2, 0.25) is 0 Å². The van der Waals surface area contributed by atoms with Crippen molar-refractivity contribution in [2.75, 3.05) is 25.4 Å². The van der Waals surface area contributed by atoms with Crippen molar-refractivity contribution in [1.29, 1.82) is 0 Å². The number of halogens is 4. The van der Waals surface area contributed by atoms with Crippen molar-refractivity contribution in [2.24, 2.45) is 0 Å². The van der Waals surface area contributed by atoms with Gasteiger partial charge in [-0.1, -0.05) is 17.7 Å². The van der Waals surface area contributed by atoms with E-state index in [9.17, 15) is 26.4 Å². The van der Waals surface area contributed by atoms with Crippen LogP contribution in [-0.4, -0.2) is 38.4 Å². The number of alkyl halides is 3. The van der Waals surface area contributed by atoms with Crippen molar-refractivity contribution >= 4 is 32.7 Å². The standard InChI is InChI=1S/C21H19ClF3NO6S/c22-16-4-1-3-14-17(27)12-19(32-20(14)16)15-6-5-13(21(23,24)25)11-18(15)31-9-2-7-26-8-10-33(28,29)30/h1,3-6,11-12,26H,2,7-10H2,(H,28,29,30). The van der Waals surface area contributed by atoms with Gasteiger partial charge in [0.25, 0.3) is 10.1 Å². The molecule has 0 aliphatic heterocycles. The zero-order valence-corrected chi connectivity index (χ0v) is 18.6. The molecule has 2 aromatic carbocycles. The first kappa shape index (κ1) is 25.0. The zero-order valence-electron chi connectivity index (χ0n) is 17.0. The van der Waals surface area contributed by atoms with E-state index in [1.54, 1.807) is 6.07 Å². The maximum atomic E-state index is 13.2. The number of benzene rings is 2. The summed E-state index contributed by atoms with van der Waals surface area (Å²) >= 11 is 6.11. The molecule has 1 heterocycles. The van der Waals surface area contributed by atoms with Gasteiger partial charge >= 0.3 is 6.18 Å². The second kappa shape index (κ2) is 10.1. The largest absolute Gasteiger partial charge is 0.493 e. The Morgan fingerprint density at radius 1 is 1.12 bits per heavy atom. The zero-order chi connectivity index (χ0) is 24.2. The highest BCUT2D eigenvalue weighted by Crippen LogP contribution is 2.38. The second-order valence-electron chi connectivity index (χ2n) is 7.04. The van der Waals surface area contributed by atoms with E-state index < -0.39 is 33.0 Å². The molecule has 0 unspecified atom stereocenters. The summed E-state index contributed by atoms with van der Waals surface area (Å²) in [4.78, 5) is 12.5. The maximum Gasteiger partial charge on any atom is 0.416 e. The van der Waals surface area contributed by atoms with Crippen LogP contribution in [0.25, 0.3) is 22.3 Å². The molecule has 33 heavy (non-hydrogen) atoms. The molecule has 12 heteroatoms. The Morgan fingerprint density at radius 2 is 1.88 bits per heavy atom. The first-order chi connectivity index (χ1) is 15.5. The quantitative estimate of drug-likeness (QED) is 0.328. The van der Waals surface area contributed by atoms with Gasteiger partial charge in [0, 0.05) is 12.6 Å². The average molecular weight is 506 g/mol. The van der Waals surface area contributed by atoms with Crippen LogP contribution >= 0.6 is 11.6 Å². The van der Waals surface area contributed by atoms with Crippen molar-refractivity contribution in [3.63, 3.8) is 0 Å². The first-order valence-electron chi connectivity index (χ1n) is 9.68. The van der Waals surface area contributed by atoms with E-state index in [0.717, 1.165) is 24.3 Å². The monoisotopic (exact) mass is 505 g/mol. The Morgan fingerprint density at radius 3 is 2.58 bits per heavy atom. The molecular formula is C21H19ClF3NO6S. The summed E-state index contributed by atoms with van der Waals surface area (Å²) in [7, 11) is -4.08. The van der Waals surface area contributed by atoms with Gasteiger partial charge in [-0.2, -0.15) is 21.6 Å². The molecule has 0 radical (unpaired) electrons. The van der Waals surface area contributed by atoms with Gasteiger partial charge in [-0.05, 0) is 43.3 Å². The van der Waals surface area contributed by atoms with Crippen molar-refractivity contribution in [3.8, 4) is 17.1 Å². The van der Waals surface area contributed by atoms with Crippen LogP contribution in [0.4, 0.5) is 13.2 Å². The summed E-state index contributed by atoms with van der Waals surface area (Å²) in [5.41, 5.74) is -1.10. The van der Waals surface area contributed by atoms with Crippen molar-refractivity contribution in [3.05, 3.63) is 63.3 Å². The van der Waals surface area contributed by atoms with Gasteiger partial charge in [0.05, 0.1) is 33.9 Å². The van der Waals surface area contributed by atoms with Crippen LogP contribution in [0.3, 0.4) is 0 Å². The summed E-state index contributed by atoms with van der Waals surface area (Å²) in [5.74, 6) is -0.609. The van der Waals surface area contributed by atoms with Crippen LogP contribution in [0.15, 0.2) is 51.7 Å². The van der Waals surface area contributed by atoms with Crippen molar-refractivity contribution in [2.45, 2.75) is 12.6 Å². The van der Waals surface area contributed by atoms with Gasteiger partial charge in [-0.25, -0.2) is 0 Å². The van der Waals surface area contributed by atoms with Gasteiger partial charge in [0.1, 0.15) is 11.5 Å². The molecule has 0 aliphatic carbocycles. The summed E-state index contributed by atoms with van der Waals surface area (Å²) in [6.07, 6.45) is -4.28. The molecule has 3 aromatic rings. The molecule has 2 N–H and O–H groups in total. The maximum absolute atomic E-state index is 13.2. The van der Waals surface area contributed by atoms with Crippen molar-refractivity contribution < 1.29 is 35.3 Å². The average Bonchev–Trinajstić information content (AvgIpc) is 2.72. The van der Waals surface area contributed by atoms with E-state index in [-0.39, 0.29) is 46.2 Å². The van der Waals surface area contributed by atoms with Crippen LogP contribution in [0.1, 0.15) is 12.0 Å². The fraction of sp³-hybridized carbons (Fsp3) is 0.286. The molecule has 0 bridgehead atoms. The number of hydrogen-bond donors (Lipinski definition) is 2. The number of nitrogens with one attached hydrogen (secondary N) is 1. The van der Waals surface area contributed by atoms with Gasteiger partial charge in [0.15, 0.2) is 11.0 Å². The third-order valence-electron chi connectivity index (χ3n) is 4.57. The van der Waals surface area contributed by atoms with Crippen molar-refractivity contribution in [1.82, 2.24) is 5.32 Å². The van der Waals surface area contributed by atoms with Gasteiger partial charge < -0.3 is 14.5 Å². The van der Waals surface area contributed by atoms with E-state index in [1.165, 1.54) is 12.1 Å². The summed E-state index contributed by atoms with van der Waals surface area (Å²) in [6.45, 7) is 0.298. The fourth-order valence-electron chi connectivity index (χ4n) is 3.00. The SMILES string of the molecule is O=c1cc(-c2ccc(C(F)(F)F)cc2OCCCNCCS(=O)(=O)O)oc2c(Cl)cccc12. The molecule has 178 valence electrons. The molecule has 0 amide bonds. The van der Waals surface area contributed by atoms with E-state index in [2.05, 4.69) is 5.32 Å². The van der Waals surface area contributed by atoms with Crippen LogP contribution < -0.4 is 15.5 Å². The molecule has 0 atom stereocenters. The fourth-order valence-corrected chi connectivity index (χ4v) is 3.62. The molecule has 0 saturated heterocycles. The number of para-hydroxylation sites is 1.